The fourth-order valence-corrected chi connectivity index (χ4v) is 6.87. The summed E-state index contributed by atoms with van der Waals surface area (Å²) < 4.78 is 2.53. The van der Waals surface area contributed by atoms with Gasteiger partial charge in [0.05, 0.1) is 16.7 Å². The van der Waals surface area contributed by atoms with Crippen molar-refractivity contribution in [1.29, 1.82) is 0 Å². The Morgan fingerprint density at radius 1 is 0.452 bits per heavy atom. The van der Waals surface area contributed by atoms with Crippen LogP contribution in [0.3, 0.4) is 0 Å². The summed E-state index contributed by atoms with van der Waals surface area (Å²) in [5.41, 5.74) is 16.3. The van der Waals surface area contributed by atoms with Crippen molar-refractivity contribution in [2.45, 2.75) is 105 Å². The van der Waals surface area contributed by atoms with Crippen LogP contribution in [0.4, 0.5) is 11.4 Å². The molecule has 3 heterocycles. The molecule has 2 aliphatic rings. The lowest BCUT2D eigenvalue weighted by Crippen LogP contribution is -2.27. The number of aromatic nitrogens is 1. The van der Waals surface area contributed by atoms with Crippen molar-refractivity contribution in [2.75, 3.05) is 0 Å². The summed E-state index contributed by atoms with van der Waals surface area (Å²) in [5, 5.41) is 5.23. The van der Waals surface area contributed by atoms with Crippen LogP contribution in [0.15, 0.2) is 60.7 Å². The van der Waals surface area contributed by atoms with Gasteiger partial charge in [0.1, 0.15) is 11.0 Å². The van der Waals surface area contributed by atoms with E-state index in [1.807, 2.05) is 0 Å². The molecule has 5 aromatic rings. The molecule has 0 spiro atoms. The minimum atomic E-state index is 0.0350. The molecule has 0 fully saturated rings. The summed E-state index contributed by atoms with van der Waals surface area (Å²) in [6, 6.07) is 24.3. The molecule has 0 aliphatic carbocycles. The average molecular weight is 555 g/mol. The van der Waals surface area contributed by atoms with Gasteiger partial charge in [-0.25, -0.2) is 0 Å². The third kappa shape index (κ3) is 3.80. The van der Waals surface area contributed by atoms with Crippen molar-refractivity contribution >= 4 is 33.2 Å². The van der Waals surface area contributed by atoms with Gasteiger partial charge in [0.2, 0.25) is 11.4 Å². The molecule has 7 rings (SSSR count). The minimum Gasteiger partial charge on any atom is -0.129 e. The Bertz CT molecular complexity index is 1950. The van der Waals surface area contributed by atoms with Gasteiger partial charge in [-0.1, -0.05) is 95.2 Å². The van der Waals surface area contributed by atoms with Crippen LogP contribution in [0, 0.1) is 0 Å². The standard InChI is InChI=1S/C40H46N2/c1-37(2,3)23-13-15-33-27(17-23)29-19-25(39(7,8)9)21-31-32-22-26(40(10,11)12)20-30-28-18-24(38(4,5)6)14-16-34(28)42(36(30)32)41(33)35(29)31/h13-22H,1-12H3/q+1. The Morgan fingerprint density at radius 3 is 1.50 bits per heavy atom. The number of rotatable bonds is 0. The number of benzene rings is 4. The maximum atomic E-state index is 2.53. The fraction of sp³-hybridized carbons (Fsp3) is 0.400. The highest BCUT2D eigenvalue weighted by atomic mass is 15.6. The lowest BCUT2D eigenvalue weighted by molar-refractivity contribution is 0.584. The van der Waals surface area contributed by atoms with Crippen molar-refractivity contribution in [3.63, 3.8) is 0 Å². The van der Waals surface area contributed by atoms with Crippen LogP contribution in [0.1, 0.15) is 105 Å². The lowest BCUT2D eigenvalue weighted by Gasteiger charge is -2.26. The number of hydrogen-bond acceptors (Lipinski definition) is 1. The van der Waals surface area contributed by atoms with Gasteiger partial charge in [0.25, 0.3) is 0 Å². The normalized spacial score (nSPS) is 15.0. The van der Waals surface area contributed by atoms with E-state index in [2.05, 4.69) is 153 Å². The first-order chi connectivity index (χ1) is 19.4. The zero-order valence-electron chi connectivity index (χ0n) is 27.7. The van der Waals surface area contributed by atoms with Crippen LogP contribution in [-0.4, -0.2) is 4.68 Å². The third-order valence-electron chi connectivity index (χ3n) is 9.63. The number of nitrogens with zero attached hydrogens (tertiary/aromatic N) is 2. The third-order valence-corrected chi connectivity index (χ3v) is 9.63. The van der Waals surface area contributed by atoms with E-state index in [9.17, 15) is 0 Å². The largest absolute Gasteiger partial charge is 0.232 e. The first-order valence-corrected chi connectivity index (χ1v) is 15.6. The summed E-state index contributed by atoms with van der Waals surface area (Å²) in [6.45, 7) is 28.0. The van der Waals surface area contributed by atoms with E-state index in [1.54, 1.807) is 0 Å². The Morgan fingerprint density at radius 2 is 0.905 bits per heavy atom. The van der Waals surface area contributed by atoms with Crippen LogP contribution in [-0.2, 0) is 21.7 Å². The molecular weight excluding hydrogens is 508 g/mol. The summed E-state index contributed by atoms with van der Waals surface area (Å²) in [7, 11) is 0. The minimum absolute atomic E-state index is 0.0350. The van der Waals surface area contributed by atoms with E-state index in [4.69, 9.17) is 0 Å². The van der Waals surface area contributed by atoms with Gasteiger partial charge in [-0.15, -0.1) is 4.68 Å². The first kappa shape index (κ1) is 27.5. The fourth-order valence-electron chi connectivity index (χ4n) is 6.87. The smallest absolute Gasteiger partial charge is 0.129 e. The predicted octanol–water partition coefficient (Wildman–Crippen LogP) is 11.5. The number of fused-ring (bicyclic) bond motifs is 8. The van der Waals surface area contributed by atoms with Gasteiger partial charge in [-0.05, 0) is 86.4 Å². The lowest BCUT2D eigenvalue weighted by atomic mass is 9.80. The van der Waals surface area contributed by atoms with Gasteiger partial charge in [0.15, 0.2) is 0 Å². The highest BCUT2D eigenvalue weighted by molar-refractivity contribution is 6.17. The second-order valence-electron chi connectivity index (χ2n) is 16.9. The van der Waals surface area contributed by atoms with E-state index < -0.39 is 0 Å². The molecule has 0 saturated heterocycles. The SMILES string of the molecule is CC(C)(C)c1ccc2c(c1)-c1cc(C(C)(C)C)cc3c1[N+]2n1c2ccc(C(C)(C)C)cc2c2cc(C(C)(C)C)cc-3c21. The molecule has 0 unspecified atom stereocenters. The van der Waals surface area contributed by atoms with E-state index in [0.29, 0.717) is 0 Å². The molecule has 0 amide bonds. The van der Waals surface area contributed by atoms with Crippen molar-refractivity contribution in [3.05, 3.63) is 82.9 Å². The molecule has 1 aromatic heterocycles. The van der Waals surface area contributed by atoms with Crippen LogP contribution in [0.2, 0.25) is 0 Å². The first-order valence-electron chi connectivity index (χ1n) is 15.6. The second-order valence-corrected chi connectivity index (χ2v) is 16.9. The second kappa shape index (κ2) is 8.17. The quantitative estimate of drug-likeness (QED) is 0.165. The maximum Gasteiger partial charge on any atom is 0.232 e. The van der Waals surface area contributed by atoms with Crippen molar-refractivity contribution in [3.8, 4) is 22.3 Å². The molecule has 0 N–H and O–H groups in total. The Balaban J connectivity index is 1.69. The van der Waals surface area contributed by atoms with Gasteiger partial charge in [-0.2, -0.15) is 0 Å². The Labute approximate surface area is 252 Å². The molecule has 4 aromatic carbocycles. The van der Waals surface area contributed by atoms with Crippen LogP contribution >= 0.6 is 0 Å². The maximum absolute atomic E-state index is 2.53. The van der Waals surface area contributed by atoms with Gasteiger partial charge in [-0.3, -0.25) is 0 Å². The van der Waals surface area contributed by atoms with E-state index >= 15 is 0 Å². The monoisotopic (exact) mass is 554 g/mol. The van der Waals surface area contributed by atoms with Crippen molar-refractivity contribution in [1.82, 2.24) is 9.69 Å². The van der Waals surface area contributed by atoms with E-state index in [0.717, 1.165) is 0 Å². The van der Waals surface area contributed by atoms with E-state index in [-0.39, 0.29) is 21.7 Å². The molecule has 215 valence electrons. The Hall–Kier alpha value is -3.36. The molecule has 2 aliphatic heterocycles. The van der Waals surface area contributed by atoms with Crippen molar-refractivity contribution < 1.29 is 0 Å². The molecular formula is C40H46N2+. The molecule has 2 nitrogen and oxygen atoms in total. The molecule has 42 heavy (non-hydrogen) atoms. The van der Waals surface area contributed by atoms with Crippen LogP contribution in [0.5, 0.6) is 0 Å². The molecule has 0 saturated carbocycles. The molecule has 0 atom stereocenters. The van der Waals surface area contributed by atoms with Gasteiger partial charge < -0.3 is 0 Å². The van der Waals surface area contributed by atoms with E-state index in [1.165, 1.54) is 77.7 Å². The highest BCUT2D eigenvalue weighted by Crippen LogP contribution is 2.59. The zero-order chi connectivity index (χ0) is 30.3. The summed E-state index contributed by atoms with van der Waals surface area (Å²) in [6.07, 6.45) is 0. The van der Waals surface area contributed by atoms with Gasteiger partial charge >= 0.3 is 0 Å². The number of anilines is 2. The van der Waals surface area contributed by atoms with Crippen LogP contribution in [0.25, 0.3) is 44.1 Å². The summed E-state index contributed by atoms with van der Waals surface area (Å²) >= 11 is 0. The molecule has 2 heteroatoms. The van der Waals surface area contributed by atoms with Crippen LogP contribution < -0.4 is 5.01 Å². The average Bonchev–Trinajstić information content (AvgIpc) is 3.37. The predicted molar refractivity (Wildman–Crippen MR) is 182 cm³/mol. The summed E-state index contributed by atoms with van der Waals surface area (Å²) in [4.78, 5) is 0. The summed E-state index contributed by atoms with van der Waals surface area (Å²) in [5.74, 6) is 0. The molecule has 1 radical (unpaired) electrons. The van der Waals surface area contributed by atoms with Gasteiger partial charge in [0, 0.05) is 27.4 Å². The zero-order valence-corrected chi connectivity index (χ0v) is 27.7. The Kier molecular flexibility index (Phi) is 5.34. The topological polar surface area (TPSA) is 10.8 Å². The highest BCUT2D eigenvalue weighted by Gasteiger charge is 2.48. The number of hydrogen-bond donors (Lipinski definition) is 0. The molecule has 0 bridgehead atoms. The van der Waals surface area contributed by atoms with Crippen molar-refractivity contribution in [2.24, 2.45) is 0 Å².